The van der Waals surface area contributed by atoms with Crippen LogP contribution in [0.2, 0.25) is 0 Å². The summed E-state index contributed by atoms with van der Waals surface area (Å²) in [6.45, 7) is 2.96. The Labute approximate surface area is 251 Å². The summed E-state index contributed by atoms with van der Waals surface area (Å²) in [5, 5.41) is 27.3. The summed E-state index contributed by atoms with van der Waals surface area (Å²) in [7, 11) is 0. The van der Waals surface area contributed by atoms with E-state index in [0.717, 1.165) is 35.1 Å². The highest BCUT2D eigenvalue weighted by Gasteiger charge is 2.48. The number of ether oxygens (including phenoxy) is 1. The normalized spacial score (nSPS) is 21.1. The summed E-state index contributed by atoms with van der Waals surface area (Å²) >= 11 is 0. The molecule has 0 unspecified atom stereocenters. The number of aromatic nitrogens is 7. The highest BCUT2D eigenvalue weighted by molar-refractivity contribution is 5.90. The lowest BCUT2D eigenvalue weighted by Gasteiger charge is -2.53. The van der Waals surface area contributed by atoms with Crippen LogP contribution in [0.15, 0.2) is 37.1 Å². The van der Waals surface area contributed by atoms with Crippen molar-refractivity contribution in [2.24, 2.45) is 0 Å². The number of nitrogens with one attached hydrogen (secondary N) is 2. The molecule has 12 nitrogen and oxygen atoms in total. The van der Waals surface area contributed by atoms with Crippen molar-refractivity contribution in [1.29, 1.82) is 5.26 Å². The second-order valence-corrected chi connectivity index (χ2v) is 11.6. The van der Waals surface area contributed by atoms with Crippen LogP contribution < -0.4 is 10.1 Å². The van der Waals surface area contributed by atoms with E-state index in [-0.39, 0.29) is 42.9 Å². The van der Waals surface area contributed by atoms with Crippen LogP contribution in [0.5, 0.6) is 5.88 Å². The first-order chi connectivity index (χ1) is 21.2. The molecule has 0 bridgehead atoms. The van der Waals surface area contributed by atoms with Crippen LogP contribution in [-0.2, 0) is 18.3 Å². The lowest BCUT2D eigenvalue weighted by molar-refractivity contribution is -0.145. The van der Waals surface area contributed by atoms with Crippen LogP contribution in [0, 0.1) is 11.3 Å². The van der Waals surface area contributed by atoms with E-state index in [1.54, 1.807) is 13.1 Å². The number of aliphatic hydroxyl groups excluding tert-OH is 1. The van der Waals surface area contributed by atoms with Gasteiger partial charge in [-0.2, -0.15) is 28.5 Å². The summed E-state index contributed by atoms with van der Waals surface area (Å²) < 4.78 is 48.3. The zero-order valence-electron chi connectivity index (χ0n) is 24.1. The molecule has 4 aromatic rings. The number of halogens is 3. The number of hydrogen-bond donors (Lipinski definition) is 3. The first-order valence-corrected chi connectivity index (χ1v) is 14.6. The van der Waals surface area contributed by atoms with Crippen LogP contribution in [0.4, 0.5) is 13.2 Å². The molecule has 1 atom stereocenters. The van der Waals surface area contributed by atoms with E-state index in [1.165, 1.54) is 12.4 Å². The molecule has 0 spiro atoms. The van der Waals surface area contributed by atoms with Crippen molar-refractivity contribution in [2.45, 2.75) is 75.5 Å². The minimum absolute atomic E-state index is 0.0447. The summed E-state index contributed by atoms with van der Waals surface area (Å²) in [6.07, 6.45) is 5.33. The molecule has 1 saturated carbocycles. The molecule has 3 N–H and O–H groups in total. The maximum absolute atomic E-state index is 13.5. The van der Waals surface area contributed by atoms with Crippen molar-refractivity contribution >= 4 is 11.0 Å². The highest BCUT2D eigenvalue weighted by Crippen LogP contribution is 2.39. The first kappa shape index (κ1) is 29.9. The standard InChI is InChI=1S/C29H33F3N10O2/c1-18(14-43)35-12-20-10-24(40-27(39-20)29(30,31)32)44-22-4-2-21(3-5-22)41-15-28(16-41,7-8-33)42-13-19(11-38-42)25-23-6-9-34-26(23)37-17-36-25/h6,9-11,13,17-18,21-22,35,43H,2-5,7,12,14-16H2,1H3,(H,34,36,37)/t18-,21-,22+/m0/s1. The summed E-state index contributed by atoms with van der Waals surface area (Å²) in [5.41, 5.74) is 2.07. The van der Waals surface area contributed by atoms with Crippen molar-refractivity contribution < 1.29 is 23.0 Å². The van der Waals surface area contributed by atoms with Crippen LogP contribution in [0.1, 0.15) is 50.5 Å². The lowest BCUT2D eigenvalue weighted by atomic mass is 9.82. The SMILES string of the molecule is C[C@@H](CO)NCc1cc(O[C@H]2CC[C@@H](N3CC(CC#N)(n4cc(-c5ncnc6[nH]ccc56)cn4)C3)CC2)nc(C(F)(F)F)n1. The molecule has 15 heteroatoms. The van der Waals surface area contributed by atoms with E-state index >= 15 is 0 Å². The number of rotatable bonds is 10. The molecule has 1 aliphatic carbocycles. The molecule has 232 valence electrons. The van der Waals surface area contributed by atoms with Gasteiger partial charge in [-0.3, -0.25) is 9.58 Å². The molecule has 4 aromatic heterocycles. The van der Waals surface area contributed by atoms with Crippen LogP contribution in [0.3, 0.4) is 0 Å². The van der Waals surface area contributed by atoms with Crippen molar-refractivity contribution in [2.75, 3.05) is 19.7 Å². The quantitative estimate of drug-likeness (QED) is 0.243. The van der Waals surface area contributed by atoms with Gasteiger partial charge in [0.05, 0.1) is 36.7 Å². The van der Waals surface area contributed by atoms with Gasteiger partial charge < -0.3 is 20.1 Å². The van der Waals surface area contributed by atoms with Gasteiger partial charge in [0.15, 0.2) is 0 Å². The molecular weight excluding hydrogens is 577 g/mol. The molecule has 2 fully saturated rings. The Morgan fingerprint density at radius 1 is 1.23 bits per heavy atom. The maximum Gasteiger partial charge on any atom is 0.451 e. The van der Waals surface area contributed by atoms with Gasteiger partial charge in [0, 0.05) is 61.1 Å². The molecule has 2 aliphatic rings. The second-order valence-electron chi connectivity index (χ2n) is 11.6. The van der Waals surface area contributed by atoms with E-state index in [0.29, 0.717) is 32.4 Å². The summed E-state index contributed by atoms with van der Waals surface area (Å²) in [5.74, 6) is -1.35. The van der Waals surface area contributed by atoms with E-state index in [4.69, 9.17) is 4.74 Å². The van der Waals surface area contributed by atoms with Gasteiger partial charge in [0.2, 0.25) is 11.7 Å². The Balaban J connectivity index is 1.08. The molecule has 44 heavy (non-hydrogen) atoms. The minimum Gasteiger partial charge on any atom is -0.474 e. The number of H-pyrrole nitrogens is 1. The van der Waals surface area contributed by atoms with Gasteiger partial charge in [-0.15, -0.1) is 0 Å². The molecule has 6 rings (SSSR count). The van der Waals surface area contributed by atoms with Gasteiger partial charge in [-0.1, -0.05) is 0 Å². The maximum atomic E-state index is 13.5. The van der Waals surface area contributed by atoms with E-state index in [1.807, 2.05) is 23.1 Å². The third-order valence-corrected chi connectivity index (χ3v) is 8.46. The predicted octanol–water partition coefficient (Wildman–Crippen LogP) is 3.42. The number of likely N-dealkylation sites (tertiary alicyclic amines) is 1. The topological polar surface area (TPSA) is 154 Å². The molecule has 5 heterocycles. The minimum atomic E-state index is -4.71. The summed E-state index contributed by atoms with van der Waals surface area (Å²) in [6, 6.07) is 5.66. The molecule has 0 aromatic carbocycles. The number of nitriles is 1. The van der Waals surface area contributed by atoms with Crippen LogP contribution >= 0.6 is 0 Å². The molecule has 0 amide bonds. The first-order valence-electron chi connectivity index (χ1n) is 14.6. The number of nitrogens with zero attached hydrogens (tertiary/aromatic N) is 8. The average Bonchev–Trinajstić information content (AvgIpc) is 3.68. The number of aliphatic hydroxyl groups is 1. The second kappa shape index (κ2) is 12.1. The third kappa shape index (κ3) is 6.10. The van der Waals surface area contributed by atoms with Crippen molar-refractivity contribution in [3.8, 4) is 23.2 Å². The third-order valence-electron chi connectivity index (χ3n) is 8.46. The summed E-state index contributed by atoms with van der Waals surface area (Å²) in [4.78, 5) is 21.4. The Kier molecular flexibility index (Phi) is 8.23. The molecule has 0 radical (unpaired) electrons. The van der Waals surface area contributed by atoms with E-state index in [9.17, 15) is 23.5 Å². The van der Waals surface area contributed by atoms with E-state index in [2.05, 4.69) is 46.3 Å². The Morgan fingerprint density at radius 3 is 2.75 bits per heavy atom. The Hall–Kier alpha value is -4.13. The fourth-order valence-electron chi connectivity index (χ4n) is 6.05. The van der Waals surface area contributed by atoms with Gasteiger partial charge >= 0.3 is 6.18 Å². The largest absolute Gasteiger partial charge is 0.474 e. The van der Waals surface area contributed by atoms with Gasteiger partial charge in [-0.05, 0) is 38.7 Å². The Bertz CT molecular complexity index is 1630. The molecule has 1 saturated heterocycles. The monoisotopic (exact) mass is 610 g/mol. The van der Waals surface area contributed by atoms with Crippen molar-refractivity contribution in [1.82, 2.24) is 44.9 Å². The van der Waals surface area contributed by atoms with Gasteiger partial charge in [0.25, 0.3) is 0 Å². The number of fused-ring (bicyclic) bond motifs is 1. The smallest absolute Gasteiger partial charge is 0.451 e. The van der Waals surface area contributed by atoms with Gasteiger partial charge in [-0.25, -0.2) is 15.0 Å². The fraction of sp³-hybridized carbons (Fsp3) is 0.517. The fourth-order valence-corrected chi connectivity index (χ4v) is 6.05. The number of hydrogen-bond acceptors (Lipinski definition) is 10. The Morgan fingerprint density at radius 2 is 2.02 bits per heavy atom. The zero-order valence-corrected chi connectivity index (χ0v) is 24.1. The van der Waals surface area contributed by atoms with E-state index < -0.39 is 17.5 Å². The average molecular weight is 611 g/mol. The van der Waals surface area contributed by atoms with Crippen molar-refractivity contribution in [3.05, 3.63) is 48.6 Å². The van der Waals surface area contributed by atoms with Gasteiger partial charge in [0.1, 0.15) is 23.6 Å². The molecular formula is C29H33F3N10O2. The molecule has 1 aliphatic heterocycles. The zero-order chi connectivity index (χ0) is 30.9. The van der Waals surface area contributed by atoms with Crippen molar-refractivity contribution in [3.63, 3.8) is 0 Å². The number of aromatic amines is 1. The lowest BCUT2D eigenvalue weighted by Crippen LogP contribution is -2.65. The number of alkyl halides is 3. The predicted molar refractivity (Wildman–Crippen MR) is 152 cm³/mol. The van der Waals surface area contributed by atoms with Crippen LogP contribution in [-0.4, -0.2) is 82.6 Å². The van der Waals surface area contributed by atoms with Crippen LogP contribution in [0.25, 0.3) is 22.3 Å². The highest BCUT2D eigenvalue weighted by atomic mass is 19.4.